The van der Waals surface area contributed by atoms with Gasteiger partial charge in [-0.25, -0.2) is 0 Å². The standard InChI is InChI=1S/C13H19N3O3/c1-19-13-8-11(7-12(9-13)16(17)18)15-6-2-5-14-10-3-4-10/h7-10,14-15H,2-6H2,1H3. The smallest absolute Gasteiger partial charge is 0.275 e. The summed E-state index contributed by atoms with van der Waals surface area (Å²) in [6.45, 7) is 1.76. The van der Waals surface area contributed by atoms with Crippen molar-refractivity contribution in [1.29, 1.82) is 0 Å². The Labute approximate surface area is 112 Å². The van der Waals surface area contributed by atoms with Gasteiger partial charge >= 0.3 is 0 Å². The third-order valence-electron chi connectivity index (χ3n) is 3.03. The maximum absolute atomic E-state index is 10.8. The number of nitro groups is 1. The summed E-state index contributed by atoms with van der Waals surface area (Å²) in [4.78, 5) is 10.4. The number of nitrogens with zero attached hydrogens (tertiary/aromatic N) is 1. The Balaban J connectivity index is 1.83. The van der Waals surface area contributed by atoms with Crippen LogP contribution in [-0.2, 0) is 0 Å². The van der Waals surface area contributed by atoms with Crippen LogP contribution in [0.2, 0.25) is 0 Å². The molecule has 1 aromatic rings. The molecule has 0 bridgehead atoms. The van der Waals surface area contributed by atoms with Crippen LogP contribution in [-0.4, -0.2) is 31.2 Å². The van der Waals surface area contributed by atoms with E-state index in [-0.39, 0.29) is 5.69 Å². The van der Waals surface area contributed by atoms with Gasteiger partial charge in [-0.3, -0.25) is 10.1 Å². The summed E-state index contributed by atoms with van der Waals surface area (Å²) in [5.74, 6) is 0.493. The lowest BCUT2D eigenvalue weighted by Crippen LogP contribution is -2.19. The molecule has 104 valence electrons. The second kappa shape index (κ2) is 6.38. The molecule has 2 N–H and O–H groups in total. The average Bonchev–Trinajstić information content (AvgIpc) is 3.22. The van der Waals surface area contributed by atoms with E-state index in [1.165, 1.54) is 32.1 Å². The van der Waals surface area contributed by atoms with E-state index in [2.05, 4.69) is 10.6 Å². The van der Waals surface area contributed by atoms with Crippen molar-refractivity contribution < 1.29 is 9.66 Å². The van der Waals surface area contributed by atoms with Crippen LogP contribution in [0.1, 0.15) is 19.3 Å². The molecule has 19 heavy (non-hydrogen) atoms. The SMILES string of the molecule is COc1cc(NCCCNC2CC2)cc([N+](=O)[O-])c1. The highest BCUT2D eigenvalue weighted by molar-refractivity contribution is 5.56. The van der Waals surface area contributed by atoms with E-state index in [1.807, 2.05) is 0 Å². The molecule has 0 atom stereocenters. The van der Waals surface area contributed by atoms with E-state index in [0.717, 1.165) is 31.2 Å². The quantitative estimate of drug-likeness (QED) is 0.428. The number of methoxy groups -OCH3 is 1. The molecule has 1 fully saturated rings. The fourth-order valence-corrected chi connectivity index (χ4v) is 1.82. The highest BCUT2D eigenvalue weighted by Crippen LogP contribution is 2.25. The van der Waals surface area contributed by atoms with Crippen LogP contribution in [0.15, 0.2) is 18.2 Å². The van der Waals surface area contributed by atoms with E-state index >= 15 is 0 Å². The van der Waals surface area contributed by atoms with Crippen LogP contribution in [0.4, 0.5) is 11.4 Å². The molecular weight excluding hydrogens is 246 g/mol. The molecule has 0 saturated heterocycles. The monoisotopic (exact) mass is 265 g/mol. The van der Waals surface area contributed by atoms with Crippen molar-refractivity contribution in [3.8, 4) is 5.75 Å². The molecule has 0 radical (unpaired) electrons. The second-order valence-corrected chi connectivity index (χ2v) is 4.69. The van der Waals surface area contributed by atoms with Crippen molar-refractivity contribution in [2.24, 2.45) is 0 Å². The van der Waals surface area contributed by atoms with Gasteiger partial charge < -0.3 is 15.4 Å². The molecule has 0 aliphatic heterocycles. The van der Waals surface area contributed by atoms with Crippen molar-refractivity contribution in [3.63, 3.8) is 0 Å². The molecule has 0 spiro atoms. The lowest BCUT2D eigenvalue weighted by Gasteiger charge is -2.08. The lowest BCUT2D eigenvalue weighted by atomic mass is 10.2. The minimum atomic E-state index is -0.414. The molecule has 0 unspecified atom stereocenters. The van der Waals surface area contributed by atoms with E-state index in [9.17, 15) is 10.1 Å². The minimum Gasteiger partial charge on any atom is -0.496 e. The number of rotatable bonds is 8. The number of ether oxygens (including phenoxy) is 1. The van der Waals surface area contributed by atoms with Gasteiger partial charge in [-0.2, -0.15) is 0 Å². The topological polar surface area (TPSA) is 76.4 Å². The first-order valence-corrected chi connectivity index (χ1v) is 6.50. The maximum atomic E-state index is 10.8. The van der Waals surface area contributed by atoms with Gasteiger partial charge in [0.25, 0.3) is 5.69 Å². The zero-order valence-corrected chi connectivity index (χ0v) is 11.0. The molecule has 2 rings (SSSR count). The molecule has 1 aromatic carbocycles. The first-order valence-electron chi connectivity index (χ1n) is 6.50. The molecule has 0 heterocycles. The number of hydrogen-bond acceptors (Lipinski definition) is 5. The van der Waals surface area contributed by atoms with Gasteiger partial charge in [-0.15, -0.1) is 0 Å². The molecule has 1 saturated carbocycles. The number of benzene rings is 1. The van der Waals surface area contributed by atoms with Gasteiger partial charge in [-0.05, 0) is 25.8 Å². The van der Waals surface area contributed by atoms with Crippen LogP contribution >= 0.6 is 0 Å². The fraction of sp³-hybridized carbons (Fsp3) is 0.538. The summed E-state index contributed by atoms with van der Waals surface area (Å²) in [7, 11) is 1.50. The van der Waals surface area contributed by atoms with Gasteiger partial charge in [0.05, 0.1) is 18.1 Å². The molecular formula is C13H19N3O3. The Morgan fingerprint density at radius 1 is 1.37 bits per heavy atom. The van der Waals surface area contributed by atoms with Gasteiger partial charge in [0, 0.05) is 30.4 Å². The minimum absolute atomic E-state index is 0.0398. The van der Waals surface area contributed by atoms with Crippen molar-refractivity contribution in [3.05, 3.63) is 28.3 Å². The van der Waals surface area contributed by atoms with Crippen molar-refractivity contribution in [2.75, 3.05) is 25.5 Å². The average molecular weight is 265 g/mol. The van der Waals surface area contributed by atoms with E-state index in [4.69, 9.17) is 4.74 Å². The van der Waals surface area contributed by atoms with Gasteiger partial charge in [-0.1, -0.05) is 0 Å². The Morgan fingerprint density at radius 3 is 2.79 bits per heavy atom. The molecule has 1 aliphatic rings. The predicted molar refractivity (Wildman–Crippen MR) is 73.8 cm³/mol. The summed E-state index contributed by atoms with van der Waals surface area (Å²) in [5, 5.41) is 17.4. The number of nitrogens with one attached hydrogen (secondary N) is 2. The van der Waals surface area contributed by atoms with Crippen LogP contribution in [0, 0.1) is 10.1 Å². The molecule has 1 aliphatic carbocycles. The number of anilines is 1. The highest BCUT2D eigenvalue weighted by Gasteiger charge is 2.19. The molecule has 6 heteroatoms. The summed E-state index contributed by atoms with van der Waals surface area (Å²) < 4.78 is 5.06. The van der Waals surface area contributed by atoms with E-state index in [0.29, 0.717) is 5.75 Å². The number of nitro benzene ring substituents is 1. The molecule has 6 nitrogen and oxygen atoms in total. The first-order chi connectivity index (χ1) is 9.19. The summed E-state index contributed by atoms with van der Waals surface area (Å²) in [6, 6.07) is 5.43. The Kier molecular flexibility index (Phi) is 4.57. The largest absolute Gasteiger partial charge is 0.496 e. The maximum Gasteiger partial charge on any atom is 0.275 e. The Bertz CT molecular complexity index is 447. The van der Waals surface area contributed by atoms with Crippen molar-refractivity contribution in [2.45, 2.75) is 25.3 Å². The van der Waals surface area contributed by atoms with Crippen LogP contribution < -0.4 is 15.4 Å². The predicted octanol–water partition coefficient (Wildman–Crippen LogP) is 2.16. The third kappa shape index (κ3) is 4.40. The molecule has 0 amide bonds. The third-order valence-corrected chi connectivity index (χ3v) is 3.03. The van der Waals surface area contributed by atoms with Crippen molar-refractivity contribution in [1.82, 2.24) is 5.32 Å². The Morgan fingerprint density at radius 2 is 2.16 bits per heavy atom. The van der Waals surface area contributed by atoms with Gasteiger partial charge in [0.1, 0.15) is 5.75 Å². The van der Waals surface area contributed by atoms with Crippen molar-refractivity contribution >= 4 is 11.4 Å². The zero-order valence-electron chi connectivity index (χ0n) is 11.0. The highest BCUT2D eigenvalue weighted by atomic mass is 16.6. The van der Waals surface area contributed by atoms with E-state index in [1.54, 1.807) is 6.07 Å². The first kappa shape index (κ1) is 13.6. The second-order valence-electron chi connectivity index (χ2n) is 4.69. The Hall–Kier alpha value is -1.82. The van der Waals surface area contributed by atoms with Gasteiger partial charge in [0.15, 0.2) is 0 Å². The summed E-state index contributed by atoms with van der Waals surface area (Å²) in [5.41, 5.74) is 0.760. The summed E-state index contributed by atoms with van der Waals surface area (Å²) >= 11 is 0. The molecule has 0 aromatic heterocycles. The number of non-ortho nitro benzene ring substituents is 1. The van der Waals surface area contributed by atoms with Crippen LogP contribution in [0.25, 0.3) is 0 Å². The fourth-order valence-electron chi connectivity index (χ4n) is 1.82. The summed E-state index contributed by atoms with van der Waals surface area (Å²) in [6.07, 6.45) is 3.56. The zero-order chi connectivity index (χ0) is 13.7. The van der Waals surface area contributed by atoms with E-state index < -0.39 is 4.92 Å². The number of hydrogen-bond donors (Lipinski definition) is 2. The van der Waals surface area contributed by atoms with Crippen LogP contribution in [0.5, 0.6) is 5.75 Å². The normalized spacial score (nSPS) is 14.2. The van der Waals surface area contributed by atoms with Gasteiger partial charge in [0.2, 0.25) is 0 Å². The van der Waals surface area contributed by atoms with Crippen LogP contribution in [0.3, 0.4) is 0 Å². The lowest BCUT2D eigenvalue weighted by molar-refractivity contribution is -0.384.